The number of hydrogen-bond acceptors (Lipinski definition) is 2. The summed E-state index contributed by atoms with van der Waals surface area (Å²) in [5, 5.41) is 3.48. The molecule has 31 heavy (non-hydrogen) atoms. The van der Waals surface area contributed by atoms with Crippen molar-refractivity contribution in [3.05, 3.63) is 115 Å². The number of benzene rings is 4. The Morgan fingerprint density at radius 1 is 0.839 bits per heavy atom. The summed E-state index contributed by atoms with van der Waals surface area (Å²) >= 11 is 8.22. The van der Waals surface area contributed by atoms with Crippen LogP contribution in [0.3, 0.4) is 0 Å². The topological polar surface area (TPSA) is 34.9 Å². The number of rotatable bonds is 3. The van der Waals surface area contributed by atoms with Gasteiger partial charge in [0, 0.05) is 8.59 Å². The first-order valence-corrected chi connectivity index (χ1v) is 11.2. The molecule has 5 aromatic rings. The van der Waals surface area contributed by atoms with Crippen molar-refractivity contribution in [1.82, 2.24) is 9.55 Å². The van der Waals surface area contributed by atoms with Crippen molar-refractivity contribution in [2.45, 2.75) is 0 Å². The van der Waals surface area contributed by atoms with Gasteiger partial charge in [-0.2, -0.15) is 0 Å². The zero-order chi connectivity index (χ0) is 21.4. The van der Waals surface area contributed by atoms with E-state index < -0.39 is 0 Å². The Hall–Kier alpha value is -2.96. The maximum absolute atomic E-state index is 13.6. The van der Waals surface area contributed by atoms with Gasteiger partial charge in [-0.15, -0.1) is 0 Å². The average molecular weight is 535 g/mol. The molecule has 0 unspecified atom stereocenters. The summed E-state index contributed by atoms with van der Waals surface area (Å²) in [5.41, 5.74) is 2.35. The van der Waals surface area contributed by atoms with Gasteiger partial charge in [0.25, 0.3) is 5.56 Å². The van der Waals surface area contributed by atoms with E-state index in [0.717, 1.165) is 25.6 Å². The third-order valence-electron chi connectivity index (χ3n) is 5.14. The van der Waals surface area contributed by atoms with Crippen LogP contribution in [0.2, 0.25) is 5.02 Å². The Labute approximate surface area is 197 Å². The second kappa shape index (κ2) is 8.29. The summed E-state index contributed by atoms with van der Waals surface area (Å²) in [6.07, 6.45) is 3.81. The number of nitrogens with zero attached hydrogens (tertiary/aromatic N) is 2. The van der Waals surface area contributed by atoms with Crippen LogP contribution in [-0.2, 0) is 0 Å². The van der Waals surface area contributed by atoms with E-state index in [9.17, 15) is 4.79 Å². The summed E-state index contributed by atoms with van der Waals surface area (Å²) < 4.78 is 2.68. The molecule has 0 N–H and O–H groups in total. The largest absolute Gasteiger partial charge is 0.268 e. The molecule has 0 saturated heterocycles. The van der Waals surface area contributed by atoms with E-state index >= 15 is 0 Å². The third kappa shape index (κ3) is 4.01. The number of fused-ring (bicyclic) bond motifs is 2. The predicted octanol–water partition coefficient (Wildman–Crippen LogP) is 6.97. The molecule has 0 aliphatic carbocycles. The molecule has 0 spiro atoms. The van der Waals surface area contributed by atoms with Crippen LogP contribution in [0.15, 0.2) is 89.7 Å². The van der Waals surface area contributed by atoms with Crippen molar-refractivity contribution in [3.63, 3.8) is 0 Å². The van der Waals surface area contributed by atoms with E-state index in [1.54, 1.807) is 4.57 Å². The minimum absolute atomic E-state index is 0.0884. The molecule has 1 aromatic heterocycles. The van der Waals surface area contributed by atoms with Gasteiger partial charge in [-0.05, 0) is 87.5 Å². The molecule has 3 nitrogen and oxygen atoms in total. The minimum Gasteiger partial charge on any atom is -0.268 e. The summed E-state index contributed by atoms with van der Waals surface area (Å²) in [7, 11) is 0. The van der Waals surface area contributed by atoms with Gasteiger partial charge in [0.05, 0.1) is 16.6 Å². The molecule has 0 bridgehead atoms. The second-order valence-electron chi connectivity index (χ2n) is 7.19. The Morgan fingerprint density at radius 2 is 1.61 bits per heavy atom. The van der Waals surface area contributed by atoms with Gasteiger partial charge in [0.1, 0.15) is 5.82 Å². The lowest BCUT2D eigenvalue weighted by Crippen LogP contribution is -2.22. The maximum atomic E-state index is 13.6. The highest BCUT2D eigenvalue weighted by molar-refractivity contribution is 14.1. The summed E-state index contributed by atoms with van der Waals surface area (Å²) in [4.78, 5) is 18.4. The van der Waals surface area contributed by atoms with Crippen LogP contribution in [0.1, 0.15) is 11.4 Å². The molecule has 1 heterocycles. The first-order chi connectivity index (χ1) is 15.1. The molecular formula is C26H16ClIN2O. The van der Waals surface area contributed by atoms with Crippen LogP contribution in [0.25, 0.3) is 39.5 Å². The molecular weight excluding hydrogens is 519 g/mol. The fraction of sp³-hybridized carbons (Fsp3) is 0. The number of aromatic nitrogens is 2. The standard InChI is InChI=1S/C26H16ClIN2O/c27-20-9-5-17(6-10-20)7-14-25-29-24-13-11-21(28)16-23(24)26(31)30(25)22-12-8-18-3-1-2-4-19(18)15-22/h1-16H/b14-7+. The average Bonchev–Trinajstić information content (AvgIpc) is 2.79. The monoisotopic (exact) mass is 534 g/mol. The Morgan fingerprint density at radius 3 is 2.42 bits per heavy atom. The molecule has 0 radical (unpaired) electrons. The van der Waals surface area contributed by atoms with E-state index in [1.165, 1.54) is 0 Å². The van der Waals surface area contributed by atoms with Crippen molar-refractivity contribution in [2.75, 3.05) is 0 Å². The van der Waals surface area contributed by atoms with Crippen LogP contribution in [0.5, 0.6) is 0 Å². The number of hydrogen-bond donors (Lipinski definition) is 0. The zero-order valence-corrected chi connectivity index (χ0v) is 19.2. The van der Waals surface area contributed by atoms with Crippen LogP contribution < -0.4 is 5.56 Å². The van der Waals surface area contributed by atoms with Crippen molar-refractivity contribution < 1.29 is 0 Å². The third-order valence-corrected chi connectivity index (χ3v) is 6.07. The molecule has 5 heteroatoms. The lowest BCUT2D eigenvalue weighted by atomic mass is 10.1. The minimum atomic E-state index is -0.0884. The number of halogens is 2. The van der Waals surface area contributed by atoms with Crippen LogP contribution in [0, 0.1) is 3.57 Å². The van der Waals surface area contributed by atoms with Crippen molar-refractivity contribution >= 4 is 68.0 Å². The Kier molecular flexibility index (Phi) is 5.34. The maximum Gasteiger partial charge on any atom is 0.266 e. The van der Waals surface area contributed by atoms with Gasteiger partial charge in [-0.1, -0.05) is 60.1 Å². The molecule has 150 valence electrons. The van der Waals surface area contributed by atoms with Gasteiger partial charge in [0.2, 0.25) is 0 Å². The first-order valence-electron chi connectivity index (χ1n) is 9.74. The highest BCUT2D eigenvalue weighted by atomic mass is 127. The summed E-state index contributed by atoms with van der Waals surface area (Å²) in [6, 6.07) is 27.4. The van der Waals surface area contributed by atoms with Crippen LogP contribution >= 0.6 is 34.2 Å². The summed E-state index contributed by atoms with van der Waals surface area (Å²) in [6.45, 7) is 0. The van der Waals surface area contributed by atoms with E-state index in [4.69, 9.17) is 16.6 Å². The van der Waals surface area contributed by atoms with E-state index in [0.29, 0.717) is 21.7 Å². The van der Waals surface area contributed by atoms with Gasteiger partial charge in [-0.3, -0.25) is 9.36 Å². The molecule has 0 aliphatic heterocycles. The Balaban J connectivity index is 1.75. The SMILES string of the molecule is O=c1c2cc(I)ccc2nc(/C=C/c2ccc(Cl)cc2)n1-c1ccc2ccccc2c1. The second-order valence-corrected chi connectivity index (χ2v) is 8.87. The quantitative estimate of drug-likeness (QED) is 0.234. The van der Waals surface area contributed by atoms with E-state index in [-0.39, 0.29) is 5.56 Å². The smallest absolute Gasteiger partial charge is 0.266 e. The van der Waals surface area contributed by atoms with Crippen LogP contribution in [-0.4, -0.2) is 9.55 Å². The normalized spacial score (nSPS) is 11.5. The first kappa shape index (κ1) is 20.0. The molecule has 4 aromatic carbocycles. The van der Waals surface area contributed by atoms with E-state index in [1.807, 2.05) is 91.0 Å². The molecule has 5 rings (SSSR count). The molecule has 0 atom stereocenters. The Bertz CT molecular complexity index is 1520. The predicted molar refractivity (Wildman–Crippen MR) is 138 cm³/mol. The molecule has 0 aliphatic rings. The molecule has 0 amide bonds. The molecule has 0 saturated carbocycles. The lowest BCUT2D eigenvalue weighted by Gasteiger charge is -2.12. The lowest BCUT2D eigenvalue weighted by molar-refractivity contribution is 0.945. The van der Waals surface area contributed by atoms with Crippen molar-refractivity contribution in [1.29, 1.82) is 0 Å². The summed E-state index contributed by atoms with van der Waals surface area (Å²) in [5.74, 6) is 0.573. The van der Waals surface area contributed by atoms with Gasteiger partial charge < -0.3 is 0 Å². The molecule has 0 fully saturated rings. The highest BCUT2D eigenvalue weighted by Gasteiger charge is 2.12. The van der Waals surface area contributed by atoms with Crippen molar-refractivity contribution in [3.8, 4) is 5.69 Å². The van der Waals surface area contributed by atoms with E-state index in [2.05, 4.69) is 28.7 Å². The van der Waals surface area contributed by atoms with Gasteiger partial charge in [0.15, 0.2) is 0 Å². The fourth-order valence-electron chi connectivity index (χ4n) is 3.60. The van der Waals surface area contributed by atoms with Gasteiger partial charge >= 0.3 is 0 Å². The fourth-order valence-corrected chi connectivity index (χ4v) is 4.21. The zero-order valence-electron chi connectivity index (χ0n) is 16.3. The highest BCUT2D eigenvalue weighted by Crippen LogP contribution is 2.21. The van der Waals surface area contributed by atoms with Crippen molar-refractivity contribution in [2.24, 2.45) is 0 Å². The van der Waals surface area contributed by atoms with Gasteiger partial charge in [-0.25, -0.2) is 4.98 Å². The van der Waals surface area contributed by atoms with Crippen LogP contribution in [0.4, 0.5) is 0 Å².